The lowest BCUT2D eigenvalue weighted by Crippen LogP contribution is -2.26. The monoisotopic (exact) mass is 856 g/mol. The van der Waals surface area contributed by atoms with E-state index in [-0.39, 0.29) is 0 Å². The Morgan fingerprint density at radius 1 is 0.388 bits per heavy atom. The molecule has 2 heteroatoms. The van der Waals surface area contributed by atoms with E-state index in [1.165, 1.54) is 123 Å². The largest absolute Gasteiger partial charge is 0.313 e. The van der Waals surface area contributed by atoms with Gasteiger partial charge in [0.05, 0.1) is 11.1 Å². The Morgan fingerprint density at radius 3 is 1.66 bits per heavy atom. The number of nitrogens with zero attached hydrogens (tertiary/aromatic N) is 2. The molecule has 2 heterocycles. The van der Waals surface area contributed by atoms with Crippen LogP contribution in [0.25, 0.3) is 45.2 Å². The van der Waals surface area contributed by atoms with Crippen molar-refractivity contribution in [1.29, 1.82) is 0 Å². The molecule has 2 aliphatic heterocycles. The second kappa shape index (κ2) is 15.1. The maximum absolute atomic E-state index is 2.58. The van der Waals surface area contributed by atoms with Crippen LogP contribution in [-0.4, -0.2) is 0 Å². The van der Waals surface area contributed by atoms with Gasteiger partial charge in [-0.3, -0.25) is 0 Å². The van der Waals surface area contributed by atoms with Crippen LogP contribution in [0.1, 0.15) is 69.3 Å². The van der Waals surface area contributed by atoms with Gasteiger partial charge in [0.2, 0.25) is 0 Å². The lowest BCUT2D eigenvalue weighted by atomic mass is 9.70. The highest BCUT2D eigenvalue weighted by Crippen LogP contribution is 2.63. The smallest absolute Gasteiger partial charge is 0.0726 e. The zero-order chi connectivity index (χ0) is 44.1. The van der Waals surface area contributed by atoms with E-state index in [9.17, 15) is 0 Å². The SMILES string of the molecule is C1=CC2=C(CC1)N(c1cccc3c(/C=C/c4ccc5c(c4)C4(c6ccccc6-c6ccccc64)c4cc(N6c7ccccc7CCc7ccccc76)ccc4-5)cccc13)c1ccccc1CC2. The van der Waals surface area contributed by atoms with E-state index in [2.05, 4.69) is 228 Å². The molecule has 0 N–H and O–H groups in total. The van der Waals surface area contributed by atoms with Crippen LogP contribution in [0.15, 0.2) is 218 Å². The Kier molecular flexibility index (Phi) is 8.61. The van der Waals surface area contributed by atoms with Crippen molar-refractivity contribution in [2.45, 2.75) is 43.9 Å². The lowest BCUT2D eigenvalue weighted by molar-refractivity contribution is 0.793. The molecule has 0 radical (unpaired) electrons. The van der Waals surface area contributed by atoms with Crippen molar-refractivity contribution in [3.8, 4) is 22.3 Å². The van der Waals surface area contributed by atoms with Gasteiger partial charge in [-0.1, -0.05) is 176 Å². The first kappa shape index (κ1) is 38.3. The van der Waals surface area contributed by atoms with Crippen LogP contribution in [-0.2, 0) is 24.7 Å². The van der Waals surface area contributed by atoms with E-state index in [1.807, 2.05) is 0 Å². The quantitative estimate of drug-likeness (QED) is 0.163. The minimum absolute atomic E-state index is 0.484. The predicted molar refractivity (Wildman–Crippen MR) is 280 cm³/mol. The summed E-state index contributed by atoms with van der Waals surface area (Å²) in [6, 6.07) is 73.6. The number of allylic oxidation sites excluding steroid dienone is 4. The molecule has 9 aromatic carbocycles. The zero-order valence-electron chi connectivity index (χ0n) is 37.4. The highest BCUT2D eigenvalue weighted by molar-refractivity contribution is 6.03. The maximum Gasteiger partial charge on any atom is 0.0726 e. The number of para-hydroxylation sites is 3. The Bertz CT molecular complexity index is 3530. The van der Waals surface area contributed by atoms with Crippen molar-refractivity contribution in [3.63, 3.8) is 0 Å². The number of fused-ring (bicyclic) bond motifs is 14. The van der Waals surface area contributed by atoms with Gasteiger partial charge in [-0.2, -0.15) is 0 Å². The van der Waals surface area contributed by atoms with E-state index >= 15 is 0 Å². The van der Waals surface area contributed by atoms with Gasteiger partial charge >= 0.3 is 0 Å². The van der Waals surface area contributed by atoms with Crippen molar-refractivity contribution >= 4 is 51.4 Å². The summed E-state index contributed by atoms with van der Waals surface area (Å²) >= 11 is 0. The number of anilines is 5. The van der Waals surface area contributed by atoms with Crippen LogP contribution in [0, 0.1) is 0 Å². The van der Waals surface area contributed by atoms with Gasteiger partial charge in [0.15, 0.2) is 0 Å². The van der Waals surface area contributed by atoms with Gasteiger partial charge in [0, 0.05) is 33.8 Å². The van der Waals surface area contributed by atoms with Crippen LogP contribution in [0.4, 0.5) is 28.4 Å². The molecule has 3 aliphatic carbocycles. The molecule has 0 saturated heterocycles. The molecule has 0 fully saturated rings. The lowest BCUT2D eigenvalue weighted by Gasteiger charge is -2.32. The standard InChI is InChI=1S/C65H48N2/c1-9-26-60-45(15-1)34-35-46-16-2-10-27-61(46)66(60)49-38-40-54-53-39-32-43(41-58(53)65(59(54)42-49)56-24-7-5-20-51(56)52-21-6-8-25-57(52)65)31-33-44-19-13-23-55-50(44)22-14-30-64(55)67-62-28-11-3-17-47(62)36-37-48-18-4-12-29-63(48)67/h1-11,13-28,30-33,38-42H,12,29,34-37H2/b33-31+. The van der Waals surface area contributed by atoms with Gasteiger partial charge in [-0.05, 0) is 164 Å². The Morgan fingerprint density at radius 2 is 0.940 bits per heavy atom. The normalized spacial score (nSPS) is 15.9. The summed E-state index contributed by atoms with van der Waals surface area (Å²) in [5.41, 5.74) is 26.0. The first-order valence-corrected chi connectivity index (χ1v) is 24.2. The number of benzene rings is 9. The van der Waals surface area contributed by atoms with Crippen LogP contribution in [0.3, 0.4) is 0 Å². The van der Waals surface area contributed by atoms with Crippen LogP contribution < -0.4 is 9.80 Å². The summed E-state index contributed by atoms with van der Waals surface area (Å²) in [5, 5.41) is 2.54. The van der Waals surface area contributed by atoms with Crippen molar-refractivity contribution < 1.29 is 0 Å². The van der Waals surface area contributed by atoms with Gasteiger partial charge in [-0.25, -0.2) is 0 Å². The van der Waals surface area contributed by atoms with E-state index < -0.39 is 5.41 Å². The summed E-state index contributed by atoms with van der Waals surface area (Å²) in [6.45, 7) is 0. The fourth-order valence-corrected chi connectivity index (χ4v) is 12.6. The van der Waals surface area contributed by atoms with Crippen molar-refractivity contribution in [2.75, 3.05) is 9.80 Å². The number of rotatable bonds is 4. The molecule has 67 heavy (non-hydrogen) atoms. The Balaban J connectivity index is 0.924. The number of hydrogen-bond acceptors (Lipinski definition) is 2. The molecular weight excluding hydrogens is 809 g/mol. The highest BCUT2D eigenvalue weighted by Gasteiger charge is 2.52. The minimum atomic E-state index is -0.484. The second-order valence-electron chi connectivity index (χ2n) is 18.9. The molecule has 5 aliphatic rings. The molecule has 0 amide bonds. The third-order valence-corrected chi connectivity index (χ3v) is 15.5. The average molecular weight is 857 g/mol. The average Bonchev–Trinajstić information content (AvgIpc) is 3.68. The van der Waals surface area contributed by atoms with Crippen molar-refractivity contribution in [2.24, 2.45) is 0 Å². The fraction of sp³-hybridized carbons (Fsp3) is 0.108. The summed E-state index contributed by atoms with van der Waals surface area (Å²) in [7, 11) is 0. The van der Waals surface area contributed by atoms with Gasteiger partial charge < -0.3 is 9.80 Å². The molecule has 0 unspecified atom stereocenters. The fourth-order valence-electron chi connectivity index (χ4n) is 12.6. The number of hydrogen-bond donors (Lipinski definition) is 0. The molecule has 1 spiro atoms. The van der Waals surface area contributed by atoms with Crippen molar-refractivity contribution in [1.82, 2.24) is 0 Å². The van der Waals surface area contributed by atoms with Gasteiger partial charge in [0.25, 0.3) is 0 Å². The second-order valence-corrected chi connectivity index (χ2v) is 18.9. The summed E-state index contributed by atoms with van der Waals surface area (Å²) in [6.07, 6.45) is 15.7. The van der Waals surface area contributed by atoms with Crippen LogP contribution in [0.2, 0.25) is 0 Å². The number of aryl methyl sites for hydroxylation is 3. The molecule has 0 aromatic heterocycles. The van der Waals surface area contributed by atoms with Crippen LogP contribution in [0.5, 0.6) is 0 Å². The zero-order valence-corrected chi connectivity index (χ0v) is 37.4. The molecule has 0 bridgehead atoms. The Hall–Kier alpha value is -7.94. The summed E-state index contributed by atoms with van der Waals surface area (Å²) in [4.78, 5) is 5.11. The first-order valence-electron chi connectivity index (χ1n) is 24.2. The first-order chi connectivity index (χ1) is 33.2. The van der Waals surface area contributed by atoms with Gasteiger partial charge in [0.1, 0.15) is 0 Å². The molecule has 9 aromatic rings. The molecule has 318 valence electrons. The van der Waals surface area contributed by atoms with Crippen LogP contribution >= 0.6 is 0 Å². The molecule has 0 atom stereocenters. The Labute approximate surface area is 393 Å². The molecule has 2 nitrogen and oxygen atoms in total. The summed E-state index contributed by atoms with van der Waals surface area (Å²) in [5.74, 6) is 0. The minimum Gasteiger partial charge on any atom is -0.313 e. The van der Waals surface area contributed by atoms with E-state index in [1.54, 1.807) is 0 Å². The van der Waals surface area contributed by atoms with E-state index in [0.29, 0.717) is 0 Å². The molecule has 14 rings (SSSR count). The third kappa shape index (κ3) is 5.69. The van der Waals surface area contributed by atoms with Crippen molar-refractivity contribution in [3.05, 3.63) is 268 Å². The van der Waals surface area contributed by atoms with E-state index in [4.69, 9.17) is 0 Å². The summed E-state index contributed by atoms with van der Waals surface area (Å²) < 4.78 is 0. The third-order valence-electron chi connectivity index (χ3n) is 15.5. The van der Waals surface area contributed by atoms with Gasteiger partial charge in [-0.15, -0.1) is 0 Å². The predicted octanol–water partition coefficient (Wildman–Crippen LogP) is 16.6. The topological polar surface area (TPSA) is 6.48 Å². The molecule has 0 saturated carbocycles. The van der Waals surface area contributed by atoms with E-state index in [0.717, 1.165) is 38.5 Å². The maximum atomic E-state index is 2.58. The highest BCUT2D eigenvalue weighted by atomic mass is 15.2. The molecular formula is C65H48N2.